The molecule has 1 N–H and O–H groups in total. The number of nitrogens with zero attached hydrogens (tertiary/aromatic N) is 1. The van der Waals surface area contributed by atoms with Crippen molar-refractivity contribution in [1.82, 2.24) is 10.5 Å². The van der Waals surface area contributed by atoms with E-state index in [1.54, 1.807) is 0 Å². The third-order valence-corrected chi connectivity index (χ3v) is 5.15. The van der Waals surface area contributed by atoms with Crippen LogP contribution in [0.3, 0.4) is 0 Å². The molecule has 0 saturated carbocycles. The van der Waals surface area contributed by atoms with Gasteiger partial charge in [-0.05, 0) is 33.7 Å². The fourth-order valence-corrected chi connectivity index (χ4v) is 3.64. The molecule has 0 amide bonds. The Hall–Kier alpha value is -1.68. The maximum atomic E-state index is 13.2. The number of fused-ring (bicyclic) bond motifs is 2. The van der Waals surface area contributed by atoms with Crippen molar-refractivity contribution in [2.45, 2.75) is 46.1 Å². The maximum absolute atomic E-state index is 13.2. The normalized spacial score (nSPS) is 30.9. The van der Waals surface area contributed by atoms with Crippen molar-refractivity contribution in [2.24, 2.45) is 5.41 Å². The summed E-state index contributed by atoms with van der Waals surface area (Å²) >= 11 is 0. The first kappa shape index (κ1) is 14.3. The zero-order valence-corrected chi connectivity index (χ0v) is 13.1. The van der Waals surface area contributed by atoms with Crippen LogP contribution in [0.25, 0.3) is 0 Å². The lowest BCUT2D eigenvalue weighted by Gasteiger charge is -2.51. The highest BCUT2D eigenvalue weighted by Crippen LogP contribution is 2.50. The van der Waals surface area contributed by atoms with Gasteiger partial charge in [0.25, 0.3) is 0 Å². The van der Waals surface area contributed by atoms with Gasteiger partial charge >= 0.3 is 0 Å². The molecule has 3 rings (SSSR count). The number of Topliss-reactive ketones (excluding diaryl/α,β-unsaturated/α-hetero) is 1. The number of hydrogen-bond acceptors (Lipinski definition) is 4. The molecule has 0 aliphatic heterocycles. The number of rotatable bonds is 3. The summed E-state index contributed by atoms with van der Waals surface area (Å²) in [5.41, 5.74) is 1.46. The van der Waals surface area contributed by atoms with Crippen LogP contribution in [0.2, 0.25) is 0 Å². The summed E-state index contributed by atoms with van der Waals surface area (Å²) in [5.74, 6) is 0.821. The Morgan fingerprint density at radius 1 is 1.43 bits per heavy atom. The largest absolute Gasteiger partial charge is 0.360 e. The molecule has 1 aromatic rings. The van der Waals surface area contributed by atoms with E-state index in [4.69, 9.17) is 4.52 Å². The van der Waals surface area contributed by atoms with Crippen molar-refractivity contribution < 1.29 is 9.32 Å². The molecule has 0 spiro atoms. The fraction of sp³-hybridized carbons (Fsp3) is 0.529. The van der Waals surface area contributed by atoms with Crippen LogP contribution in [-0.4, -0.2) is 23.0 Å². The van der Waals surface area contributed by atoms with Gasteiger partial charge in [0.15, 0.2) is 5.78 Å². The lowest BCUT2D eigenvalue weighted by molar-refractivity contribution is 0.0681. The number of carbonyl (C=O) groups excluding carboxylic acids is 1. The molecule has 0 radical (unpaired) electrons. The zero-order chi connectivity index (χ0) is 15.3. The third kappa shape index (κ3) is 1.72. The van der Waals surface area contributed by atoms with Crippen molar-refractivity contribution in [3.63, 3.8) is 0 Å². The summed E-state index contributed by atoms with van der Waals surface area (Å²) in [7, 11) is 0. The number of aryl methyl sites for hydroxylation is 1. The number of ketones is 1. The highest BCUT2D eigenvalue weighted by atomic mass is 16.5. The van der Waals surface area contributed by atoms with Gasteiger partial charge < -0.3 is 9.84 Å². The van der Waals surface area contributed by atoms with Crippen LogP contribution in [0, 0.1) is 12.3 Å². The Kier molecular flexibility index (Phi) is 3.17. The maximum Gasteiger partial charge on any atom is 0.180 e. The van der Waals surface area contributed by atoms with Crippen LogP contribution in [-0.2, 0) is 6.42 Å². The molecule has 1 aromatic heterocycles. The van der Waals surface area contributed by atoms with Gasteiger partial charge in [-0.25, -0.2) is 0 Å². The number of aromatic nitrogens is 1. The summed E-state index contributed by atoms with van der Waals surface area (Å²) in [6, 6.07) is 0. The number of hydrogen-bond donors (Lipinski definition) is 1. The monoisotopic (exact) mass is 286 g/mol. The van der Waals surface area contributed by atoms with Gasteiger partial charge in [0.05, 0.1) is 22.2 Å². The second-order valence-corrected chi connectivity index (χ2v) is 6.30. The first-order chi connectivity index (χ1) is 9.96. The van der Waals surface area contributed by atoms with E-state index in [-0.39, 0.29) is 5.78 Å². The molecule has 2 unspecified atom stereocenters. The van der Waals surface area contributed by atoms with Gasteiger partial charge in [0, 0.05) is 6.42 Å². The average molecular weight is 286 g/mol. The van der Waals surface area contributed by atoms with Gasteiger partial charge in [0.1, 0.15) is 5.76 Å². The molecule has 4 heteroatoms. The summed E-state index contributed by atoms with van der Waals surface area (Å²) in [4.78, 5) is 13.2. The van der Waals surface area contributed by atoms with Crippen LogP contribution in [0.4, 0.5) is 0 Å². The molecule has 2 aliphatic carbocycles. The van der Waals surface area contributed by atoms with Gasteiger partial charge in [-0.3, -0.25) is 4.79 Å². The second-order valence-electron chi connectivity index (χ2n) is 6.30. The minimum Gasteiger partial charge on any atom is -0.360 e. The SMILES string of the molecule is CCCNC12C=CC=C(C)C1(C)C(=O)c1c(C)noc1C2. The van der Waals surface area contributed by atoms with Crippen molar-refractivity contribution in [3.8, 4) is 0 Å². The second kappa shape index (κ2) is 4.67. The summed E-state index contributed by atoms with van der Waals surface area (Å²) in [6.45, 7) is 8.92. The number of allylic oxidation sites excluding steroid dienone is 2. The first-order valence-corrected chi connectivity index (χ1v) is 7.58. The van der Waals surface area contributed by atoms with E-state index >= 15 is 0 Å². The molecular formula is C17H22N2O2. The predicted octanol–water partition coefficient (Wildman–Crippen LogP) is 2.98. The highest BCUT2D eigenvalue weighted by Gasteiger charge is 2.58. The Morgan fingerprint density at radius 3 is 2.90 bits per heavy atom. The predicted molar refractivity (Wildman–Crippen MR) is 81.3 cm³/mol. The van der Waals surface area contributed by atoms with Crippen LogP contribution in [0.1, 0.15) is 49.0 Å². The molecule has 0 bridgehead atoms. The molecule has 4 nitrogen and oxygen atoms in total. The lowest BCUT2D eigenvalue weighted by Crippen LogP contribution is -2.64. The molecule has 2 aliphatic rings. The van der Waals surface area contributed by atoms with Crippen LogP contribution in [0.5, 0.6) is 0 Å². The molecule has 112 valence electrons. The summed E-state index contributed by atoms with van der Waals surface area (Å²) in [6.07, 6.45) is 7.88. The van der Waals surface area contributed by atoms with Crippen molar-refractivity contribution in [3.05, 3.63) is 40.8 Å². The Bertz CT molecular complexity index is 656. The molecule has 1 heterocycles. The van der Waals surface area contributed by atoms with Crippen molar-refractivity contribution in [2.75, 3.05) is 6.54 Å². The Morgan fingerprint density at radius 2 is 2.19 bits per heavy atom. The van der Waals surface area contributed by atoms with E-state index in [2.05, 4.69) is 23.5 Å². The van der Waals surface area contributed by atoms with Gasteiger partial charge in [-0.15, -0.1) is 0 Å². The number of carbonyl (C=O) groups is 1. The smallest absolute Gasteiger partial charge is 0.180 e. The number of nitrogens with one attached hydrogen (secondary N) is 1. The molecule has 0 fully saturated rings. The molecule has 2 atom stereocenters. The van der Waals surface area contributed by atoms with E-state index in [9.17, 15) is 4.79 Å². The van der Waals surface area contributed by atoms with E-state index < -0.39 is 11.0 Å². The quantitative estimate of drug-likeness (QED) is 0.928. The van der Waals surface area contributed by atoms with Gasteiger partial charge in [0.2, 0.25) is 0 Å². The first-order valence-electron chi connectivity index (χ1n) is 7.58. The minimum absolute atomic E-state index is 0.115. The topological polar surface area (TPSA) is 55.1 Å². The molecule has 0 aromatic carbocycles. The third-order valence-electron chi connectivity index (χ3n) is 5.15. The summed E-state index contributed by atoms with van der Waals surface area (Å²) < 4.78 is 5.43. The minimum atomic E-state index is -0.583. The zero-order valence-electron chi connectivity index (χ0n) is 13.1. The van der Waals surface area contributed by atoms with Crippen molar-refractivity contribution in [1.29, 1.82) is 0 Å². The fourth-order valence-electron chi connectivity index (χ4n) is 3.64. The highest BCUT2D eigenvalue weighted by molar-refractivity contribution is 6.06. The standard InChI is InChI=1S/C17H22N2O2/c1-5-9-18-17-8-6-7-11(2)16(17,4)15(20)14-12(3)19-21-13(14)10-17/h6-8,18H,5,9-10H2,1-4H3. The average Bonchev–Trinajstić information content (AvgIpc) is 2.82. The Labute approximate surface area is 125 Å². The molecule has 21 heavy (non-hydrogen) atoms. The van der Waals surface area contributed by atoms with Crippen molar-refractivity contribution >= 4 is 5.78 Å². The van der Waals surface area contributed by atoms with E-state index in [0.717, 1.165) is 18.5 Å². The van der Waals surface area contributed by atoms with E-state index in [1.165, 1.54) is 0 Å². The van der Waals surface area contributed by atoms with Gasteiger partial charge in [-0.2, -0.15) is 0 Å². The van der Waals surface area contributed by atoms with Gasteiger partial charge in [-0.1, -0.05) is 35.9 Å². The van der Waals surface area contributed by atoms with Crippen LogP contribution >= 0.6 is 0 Å². The van der Waals surface area contributed by atoms with E-state index in [1.807, 2.05) is 32.9 Å². The molecular weight excluding hydrogens is 264 g/mol. The molecule has 0 saturated heterocycles. The Balaban J connectivity index is 2.20. The van der Waals surface area contributed by atoms with Crippen LogP contribution < -0.4 is 5.32 Å². The van der Waals surface area contributed by atoms with E-state index in [0.29, 0.717) is 23.4 Å². The van der Waals surface area contributed by atoms with Crippen LogP contribution in [0.15, 0.2) is 28.3 Å². The lowest BCUT2D eigenvalue weighted by atomic mass is 9.56. The summed E-state index contributed by atoms with van der Waals surface area (Å²) in [5, 5.41) is 7.61.